The second kappa shape index (κ2) is 4.80. The van der Waals surface area contributed by atoms with Gasteiger partial charge in [-0.3, -0.25) is 0 Å². The minimum absolute atomic E-state index is 0.0642. The third-order valence-electron chi connectivity index (χ3n) is 2.82. The first-order valence-electron chi connectivity index (χ1n) is 5.69. The second-order valence-corrected chi connectivity index (χ2v) is 4.49. The van der Waals surface area contributed by atoms with Crippen LogP contribution < -0.4 is 0 Å². The van der Waals surface area contributed by atoms with Crippen LogP contribution in [0.5, 0.6) is 0 Å². The Kier molecular flexibility index (Phi) is 3.34. The van der Waals surface area contributed by atoms with E-state index in [0.29, 0.717) is 11.6 Å². The van der Waals surface area contributed by atoms with Gasteiger partial charge < -0.3 is 5.11 Å². The SMILES string of the molecule is Cc1cc(C)cc(-c2cc(F)c(C(=O)O)cc2F)c1. The van der Waals surface area contributed by atoms with E-state index >= 15 is 0 Å². The summed E-state index contributed by atoms with van der Waals surface area (Å²) in [5, 5.41) is 8.73. The number of hydrogen-bond donors (Lipinski definition) is 1. The molecule has 2 nitrogen and oxygen atoms in total. The Morgan fingerprint density at radius 3 is 2.05 bits per heavy atom. The Hall–Kier alpha value is -2.23. The summed E-state index contributed by atoms with van der Waals surface area (Å²) in [5.74, 6) is -3.17. The van der Waals surface area contributed by atoms with E-state index in [-0.39, 0.29) is 5.56 Å². The lowest BCUT2D eigenvalue weighted by Crippen LogP contribution is -2.02. The molecule has 0 aliphatic heterocycles. The number of benzene rings is 2. The standard InChI is InChI=1S/C15H12F2O2/c1-8-3-9(2)5-10(4-8)11-6-14(17)12(15(18)19)7-13(11)16/h3-7H,1-2H3,(H,18,19). The summed E-state index contributed by atoms with van der Waals surface area (Å²) in [5.41, 5.74) is 1.79. The first-order valence-corrected chi connectivity index (χ1v) is 5.69. The van der Waals surface area contributed by atoms with Gasteiger partial charge in [-0.25, -0.2) is 13.6 Å². The van der Waals surface area contributed by atoms with Crippen LogP contribution in [0.2, 0.25) is 0 Å². The molecule has 2 aromatic rings. The van der Waals surface area contributed by atoms with Crippen molar-refractivity contribution in [2.45, 2.75) is 13.8 Å². The first kappa shape index (κ1) is 13.2. The molecule has 0 aliphatic rings. The molecular weight excluding hydrogens is 250 g/mol. The zero-order valence-electron chi connectivity index (χ0n) is 10.5. The summed E-state index contributed by atoms with van der Waals surface area (Å²) < 4.78 is 27.5. The van der Waals surface area contributed by atoms with Crippen LogP contribution >= 0.6 is 0 Å². The largest absolute Gasteiger partial charge is 0.478 e. The lowest BCUT2D eigenvalue weighted by molar-refractivity contribution is 0.0691. The van der Waals surface area contributed by atoms with Crippen molar-refractivity contribution in [2.75, 3.05) is 0 Å². The quantitative estimate of drug-likeness (QED) is 0.889. The Balaban J connectivity index is 2.63. The molecule has 0 unspecified atom stereocenters. The van der Waals surface area contributed by atoms with Gasteiger partial charge in [0, 0.05) is 5.56 Å². The van der Waals surface area contributed by atoms with Crippen LogP contribution in [0.25, 0.3) is 11.1 Å². The topological polar surface area (TPSA) is 37.3 Å². The lowest BCUT2D eigenvalue weighted by Gasteiger charge is -2.08. The Bertz CT molecular complexity index is 643. The fraction of sp³-hybridized carbons (Fsp3) is 0.133. The van der Waals surface area contributed by atoms with Crippen molar-refractivity contribution in [3.63, 3.8) is 0 Å². The van der Waals surface area contributed by atoms with Gasteiger partial charge in [0.1, 0.15) is 11.6 Å². The Labute approximate surface area is 109 Å². The maximum Gasteiger partial charge on any atom is 0.338 e. The van der Waals surface area contributed by atoms with Crippen LogP contribution in [0.1, 0.15) is 21.5 Å². The molecule has 0 amide bonds. The highest BCUT2D eigenvalue weighted by molar-refractivity contribution is 5.88. The Morgan fingerprint density at radius 1 is 0.947 bits per heavy atom. The summed E-state index contributed by atoms with van der Waals surface area (Å²) >= 11 is 0. The number of aryl methyl sites for hydroxylation is 2. The highest BCUT2D eigenvalue weighted by Crippen LogP contribution is 2.27. The van der Waals surface area contributed by atoms with Crippen LogP contribution in [0.15, 0.2) is 30.3 Å². The molecule has 2 rings (SSSR count). The summed E-state index contributed by atoms with van der Waals surface area (Å²) in [6, 6.07) is 7.01. The first-order chi connectivity index (χ1) is 8.88. The highest BCUT2D eigenvalue weighted by atomic mass is 19.1. The minimum atomic E-state index is -1.48. The molecule has 0 saturated carbocycles. The van der Waals surface area contributed by atoms with Gasteiger partial charge in [0.15, 0.2) is 0 Å². The van der Waals surface area contributed by atoms with Crippen molar-refractivity contribution in [3.05, 3.63) is 58.7 Å². The van der Waals surface area contributed by atoms with E-state index in [0.717, 1.165) is 17.2 Å². The highest BCUT2D eigenvalue weighted by Gasteiger charge is 2.16. The van der Waals surface area contributed by atoms with E-state index in [1.165, 1.54) is 0 Å². The number of hydrogen-bond acceptors (Lipinski definition) is 1. The van der Waals surface area contributed by atoms with Crippen molar-refractivity contribution in [1.82, 2.24) is 0 Å². The molecule has 0 aliphatic carbocycles. The minimum Gasteiger partial charge on any atom is -0.478 e. The molecule has 0 atom stereocenters. The van der Waals surface area contributed by atoms with Crippen LogP contribution in [0.4, 0.5) is 8.78 Å². The predicted octanol–water partition coefficient (Wildman–Crippen LogP) is 3.95. The molecule has 0 heterocycles. The monoisotopic (exact) mass is 262 g/mol. The van der Waals surface area contributed by atoms with Gasteiger partial charge in [-0.15, -0.1) is 0 Å². The summed E-state index contributed by atoms with van der Waals surface area (Å²) in [6.45, 7) is 3.72. The molecule has 4 heteroatoms. The molecule has 0 bridgehead atoms. The van der Waals surface area contributed by atoms with Gasteiger partial charge >= 0.3 is 5.97 Å². The van der Waals surface area contributed by atoms with Crippen LogP contribution in [-0.2, 0) is 0 Å². The second-order valence-electron chi connectivity index (χ2n) is 4.49. The molecule has 0 saturated heterocycles. The third kappa shape index (κ3) is 2.62. The van der Waals surface area contributed by atoms with Crippen LogP contribution in [0, 0.1) is 25.5 Å². The number of halogens is 2. The van der Waals surface area contributed by atoms with Gasteiger partial charge in [0.2, 0.25) is 0 Å². The number of rotatable bonds is 2. The number of carboxylic acid groups (broad SMARTS) is 1. The summed E-state index contributed by atoms with van der Waals surface area (Å²) in [7, 11) is 0. The van der Waals surface area contributed by atoms with Crippen LogP contribution in [-0.4, -0.2) is 11.1 Å². The van der Waals surface area contributed by atoms with Gasteiger partial charge in [-0.2, -0.15) is 0 Å². The smallest absolute Gasteiger partial charge is 0.338 e. The van der Waals surface area contributed by atoms with Crippen molar-refractivity contribution < 1.29 is 18.7 Å². The fourth-order valence-corrected chi connectivity index (χ4v) is 2.06. The zero-order valence-corrected chi connectivity index (χ0v) is 10.5. The molecule has 0 spiro atoms. The lowest BCUT2D eigenvalue weighted by atomic mass is 9.99. The third-order valence-corrected chi connectivity index (χ3v) is 2.82. The maximum absolute atomic E-state index is 13.9. The number of carbonyl (C=O) groups is 1. The molecule has 2 aromatic carbocycles. The molecule has 0 aromatic heterocycles. The fourth-order valence-electron chi connectivity index (χ4n) is 2.06. The normalized spacial score (nSPS) is 10.5. The predicted molar refractivity (Wildman–Crippen MR) is 68.2 cm³/mol. The van der Waals surface area contributed by atoms with E-state index in [4.69, 9.17) is 5.11 Å². The van der Waals surface area contributed by atoms with Gasteiger partial charge in [0.25, 0.3) is 0 Å². The van der Waals surface area contributed by atoms with Crippen molar-refractivity contribution in [2.24, 2.45) is 0 Å². The average molecular weight is 262 g/mol. The van der Waals surface area contributed by atoms with Gasteiger partial charge in [-0.1, -0.05) is 29.3 Å². The molecule has 0 fully saturated rings. The van der Waals surface area contributed by atoms with E-state index in [1.807, 2.05) is 19.9 Å². The van der Waals surface area contributed by atoms with E-state index in [9.17, 15) is 13.6 Å². The van der Waals surface area contributed by atoms with E-state index in [2.05, 4.69) is 0 Å². The molecule has 0 radical (unpaired) electrons. The van der Waals surface area contributed by atoms with Crippen molar-refractivity contribution in [3.8, 4) is 11.1 Å². The Morgan fingerprint density at radius 2 is 1.53 bits per heavy atom. The number of carboxylic acids is 1. The molecule has 98 valence electrons. The zero-order chi connectivity index (χ0) is 14.2. The van der Waals surface area contributed by atoms with Gasteiger partial charge in [-0.05, 0) is 31.5 Å². The van der Waals surface area contributed by atoms with E-state index < -0.39 is 23.2 Å². The van der Waals surface area contributed by atoms with Crippen molar-refractivity contribution in [1.29, 1.82) is 0 Å². The average Bonchev–Trinajstić information content (AvgIpc) is 2.30. The molecule has 1 N–H and O–H groups in total. The van der Waals surface area contributed by atoms with Crippen molar-refractivity contribution >= 4 is 5.97 Å². The number of aromatic carboxylic acids is 1. The summed E-state index contributed by atoms with van der Waals surface area (Å²) in [6.07, 6.45) is 0. The maximum atomic E-state index is 13.9. The van der Waals surface area contributed by atoms with Crippen LogP contribution in [0.3, 0.4) is 0 Å². The molecule has 19 heavy (non-hydrogen) atoms. The van der Waals surface area contributed by atoms with Gasteiger partial charge in [0.05, 0.1) is 5.56 Å². The molecular formula is C15H12F2O2. The summed E-state index contributed by atoms with van der Waals surface area (Å²) in [4.78, 5) is 10.7. The van der Waals surface area contributed by atoms with E-state index in [1.54, 1.807) is 12.1 Å².